The van der Waals surface area contributed by atoms with E-state index in [9.17, 15) is 37.4 Å². The van der Waals surface area contributed by atoms with Gasteiger partial charge in [-0.25, -0.2) is 27.5 Å². The third kappa shape index (κ3) is 4.43. The molecule has 0 saturated carbocycles. The van der Waals surface area contributed by atoms with Gasteiger partial charge in [-0.1, -0.05) is 0 Å². The van der Waals surface area contributed by atoms with E-state index in [1.807, 2.05) is 6.92 Å². The van der Waals surface area contributed by atoms with Gasteiger partial charge in [0.1, 0.15) is 32.5 Å². The van der Waals surface area contributed by atoms with Crippen LogP contribution >= 0.6 is 34.0 Å². The van der Waals surface area contributed by atoms with E-state index in [0.29, 0.717) is 26.8 Å². The lowest BCUT2D eigenvalue weighted by Gasteiger charge is -2.18. The zero-order chi connectivity index (χ0) is 32.1. The average molecular weight is 673 g/mol. The Kier molecular flexibility index (Phi) is 6.76. The van der Waals surface area contributed by atoms with Crippen molar-refractivity contribution in [1.82, 2.24) is 19.9 Å². The van der Waals surface area contributed by atoms with Crippen LogP contribution in [0.4, 0.5) is 17.6 Å². The molecule has 0 amide bonds. The predicted octanol–water partition coefficient (Wildman–Crippen LogP) is 8.04. The van der Waals surface area contributed by atoms with Gasteiger partial charge in [-0.3, -0.25) is 9.59 Å². The predicted molar refractivity (Wildman–Crippen MR) is 168 cm³/mol. The standard InChI is InChI=1S/C30H20F4N4O4S3/c1-8-6-11(25(31)32)35-29-14(8)19-23(44-29)21(39)17(27(41)37-19)16(13-5-4-10(3)43-13)18-22(40)24-20(38-28(18)42)15-9(2)7-12(26(33)34)36-30(15)45-24/h4-7,16,25-26H,1-3H3,(H2,37,39,41)(H2,38,40,42). The Morgan fingerprint density at radius 2 is 1.16 bits per heavy atom. The Morgan fingerprint density at radius 3 is 1.53 bits per heavy atom. The van der Waals surface area contributed by atoms with E-state index in [2.05, 4.69) is 19.9 Å². The summed E-state index contributed by atoms with van der Waals surface area (Å²) in [6.45, 7) is 5.01. The summed E-state index contributed by atoms with van der Waals surface area (Å²) < 4.78 is 54.3. The molecule has 7 rings (SSSR count). The minimum Gasteiger partial charge on any atom is -0.506 e. The first-order valence-electron chi connectivity index (χ1n) is 13.4. The lowest BCUT2D eigenvalue weighted by atomic mass is 9.89. The molecule has 0 radical (unpaired) electrons. The van der Waals surface area contributed by atoms with Gasteiger partial charge >= 0.3 is 0 Å². The maximum atomic E-state index is 13.8. The van der Waals surface area contributed by atoms with Gasteiger partial charge in [-0.15, -0.1) is 34.0 Å². The second-order valence-electron chi connectivity index (χ2n) is 10.6. The number of aryl methyl sites for hydroxylation is 3. The summed E-state index contributed by atoms with van der Waals surface area (Å²) in [5.74, 6) is -2.24. The molecule has 45 heavy (non-hydrogen) atoms. The monoisotopic (exact) mass is 672 g/mol. The van der Waals surface area contributed by atoms with E-state index < -0.39 is 52.8 Å². The first-order chi connectivity index (χ1) is 21.3. The molecule has 4 N–H and O–H groups in total. The maximum absolute atomic E-state index is 13.8. The first-order valence-corrected chi connectivity index (χ1v) is 15.8. The zero-order valence-electron chi connectivity index (χ0n) is 23.4. The van der Waals surface area contributed by atoms with E-state index in [1.54, 1.807) is 26.0 Å². The molecule has 7 heterocycles. The van der Waals surface area contributed by atoms with Crippen molar-refractivity contribution < 1.29 is 27.8 Å². The number of aromatic nitrogens is 4. The molecule has 0 aliphatic rings. The molecule has 0 unspecified atom stereocenters. The van der Waals surface area contributed by atoms with Crippen LogP contribution in [0.3, 0.4) is 0 Å². The molecule has 0 bridgehead atoms. The van der Waals surface area contributed by atoms with Crippen molar-refractivity contribution in [1.29, 1.82) is 0 Å². The van der Waals surface area contributed by atoms with E-state index >= 15 is 0 Å². The van der Waals surface area contributed by atoms with Gasteiger partial charge in [0.25, 0.3) is 24.0 Å². The van der Waals surface area contributed by atoms with Crippen LogP contribution in [0, 0.1) is 20.8 Å². The second-order valence-corrected chi connectivity index (χ2v) is 13.9. The van der Waals surface area contributed by atoms with Gasteiger partial charge < -0.3 is 20.2 Å². The van der Waals surface area contributed by atoms with Crippen molar-refractivity contribution in [3.05, 3.63) is 88.4 Å². The summed E-state index contributed by atoms with van der Waals surface area (Å²) in [7, 11) is 0. The van der Waals surface area contributed by atoms with Crippen molar-refractivity contribution in [2.45, 2.75) is 39.5 Å². The molecule has 7 aromatic rings. The molecule has 0 aromatic carbocycles. The van der Waals surface area contributed by atoms with Crippen molar-refractivity contribution in [2.75, 3.05) is 0 Å². The van der Waals surface area contributed by atoms with E-state index in [1.165, 1.54) is 23.5 Å². The number of nitrogens with zero attached hydrogens (tertiary/aromatic N) is 2. The number of rotatable bonds is 5. The number of fused-ring (bicyclic) bond motifs is 6. The molecule has 0 aliphatic heterocycles. The number of thiophene rings is 3. The van der Waals surface area contributed by atoms with Gasteiger partial charge in [-0.05, 0) is 56.2 Å². The highest BCUT2D eigenvalue weighted by molar-refractivity contribution is 7.26. The minimum absolute atomic E-state index is 0.165. The maximum Gasteiger partial charge on any atom is 0.280 e. The summed E-state index contributed by atoms with van der Waals surface area (Å²) in [5.41, 5.74) is -1.61. The molecule has 7 aromatic heterocycles. The lowest BCUT2D eigenvalue weighted by Crippen LogP contribution is -2.23. The third-order valence-electron chi connectivity index (χ3n) is 7.73. The number of pyridine rings is 4. The molecule has 0 saturated heterocycles. The topological polar surface area (TPSA) is 132 Å². The Bertz CT molecular complexity index is 2330. The molecule has 0 spiro atoms. The highest BCUT2D eigenvalue weighted by Gasteiger charge is 2.34. The molecule has 0 fully saturated rings. The van der Waals surface area contributed by atoms with Gasteiger partial charge in [0.05, 0.1) is 37.5 Å². The van der Waals surface area contributed by atoms with Gasteiger partial charge in [-0.2, -0.15) is 0 Å². The molecule has 0 aliphatic carbocycles. The van der Waals surface area contributed by atoms with Gasteiger partial charge in [0.2, 0.25) is 0 Å². The van der Waals surface area contributed by atoms with Crippen LogP contribution in [-0.2, 0) is 0 Å². The normalized spacial score (nSPS) is 12.4. The van der Waals surface area contributed by atoms with E-state index in [-0.39, 0.29) is 41.2 Å². The fourth-order valence-electron chi connectivity index (χ4n) is 5.80. The molecular weight excluding hydrogens is 653 g/mol. The van der Waals surface area contributed by atoms with Crippen LogP contribution < -0.4 is 11.1 Å². The van der Waals surface area contributed by atoms with Crippen LogP contribution in [0.2, 0.25) is 0 Å². The summed E-state index contributed by atoms with van der Waals surface area (Å²) >= 11 is 3.07. The zero-order valence-corrected chi connectivity index (χ0v) is 25.8. The number of aromatic hydroxyl groups is 2. The quantitative estimate of drug-likeness (QED) is 0.137. The molecule has 15 heteroatoms. The van der Waals surface area contributed by atoms with Gasteiger partial charge in [0.15, 0.2) is 0 Å². The number of halogens is 4. The lowest BCUT2D eigenvalue weighted by molar-refractivity contribution is 0.146. The third-order valence-corrected chi connectivity index (χ3v) is 11.0. The largest absolute Gasteiger partial charge is 0.506 e. The smallest absolute Gasteiger partial charge is 0.280 e. The van der Waals surface area contributed by atoms with Crippen LogP contribution in [-0.4, -0.2) is 30.1 Å². The number of alkyl halides is 4. The molecular formula is C30H20F4N4O4S3. The Labute approximate surface area is 261 Å². The first kappa shape index (κ1) is 29.4. The number of H-pyrrole nitrogens is 2. The highest BCUT2D eigenvalue weighted by Crippen LogP contribution is 2.48. The summed E-state index contributed by atoms with van der Waals surface area (Å²) in [6.07, 6.45) is -5.65. The molecule has 0 atom stereocenters. The van der Waals surface area contributed by atoms with E-state index in [4.69, 9.17) is 0 Å². The van der Waals surface area contributed by atoms with Crippen molar-refractivity contribution in [3.63, 3.8) is 0 Å². The van der Waals surface area contributed by atoms with E-state index in [0.717, 1.165) is 27.6 Å². The van der Waals surface area contributed by atoms with Crippen LogP contribution in [0.25, 0.3) is 40.9 Å². The van der Waals surface area contributed by atoms with Crippen molar-refractivity contribution in [3.8, 4) is 11.5 Å². The number of hydrogen-bond donors (Lipinski definition) is 4. The van der Waals surface area contributed by atoms with Gasteiger partial charge in [0, 0.05) is 20.5 Å². The SMILES string of the molecule is Cc1ccc(C(c2c(O)c3sc4nc(C(F)F)cc(C)c4c3[nH]c2=O)c2c(O)c3sc4nc(C(F)F)cc(C)c4c3[nH]c2=O)s1. The number of aromatic amines is 2. The number of nitrogens with one attached hydrogen (secondary N) is 2. The Hall–Kier alpha value is -4.34. The fourth-order valence-corrected chi connectivity index (χ4v) is 9.14. The molecule has 230 valence electrons. The van der Waals surface area contributed by atoms with Crippen molar-refractivity contribution in [2.24, 2.45) is 0 Å². The van der Waals surface area contributed by atoms with Crippen LogP contribution in [0.5, 0.6) is 11.5 Å². The van der Waals surface area contributed by atoms with Crippen LogP contribution in [0.1, 0.15) is 62.2 Å². The second kappa shape index (κ2) is 10.4. The summed E-state index contributed by atoms with van der Waals surface area (Å²) in [4.78, 5) is 42.9. The summed E-state index contributed by atoms with van der Waals surface area (Å²) in [5, 5.41) is 24.2. The van der Waals surface area contributed by atoms with Crippen molar-refractivity contribution >= 4 is 74.9 Å². The number of hydrogen-bond acceptors (Lipinski definition) is 9. The highest BCUT2D eigenvalue weighted by atomic mass is 32.1. The Balaban J connectivity index is 1.54. The minimum atomic E-state index is -2.83. The Morgan fingerprint density at radius 1 is 0.711 bits per heavy atom. The average Bonchev–Trinajstić information content (AvgIpc) is 3.67. The molecule has 8 nitrogen and oxygen atoms in total. The summed E-state index contributed by atoms with van der Waals surface area (Å²) in [6, 6.07) is 5.88. The fraction of sp³-hybridized carbons (Fsp3) is 0.200. The van der Waals surface area contributed by atoms with Crippen LogP contribution in [0.15, 0.2) is 33.9 Å².